The molecule has 0 spiro atoms. The van der Waals surface area contributed by atoms with Crippen LogP contribution in [0.2, 0.25) is 0 Å². The molecule has 1 saturated heterocycles. The van der Waals surface area contributed by atoms with E-state index in [1.165, 1.54) is 0 Å². The molecule has 0 bridgehead atoms. The fraction of sp³-hybridized carbons (Fsp3) is 0.667. The van der Waals surface area contributed by atoms with Gasteiger partial charge in [0.15, 0.2) is 0 Å². The molecule has 1 heterocycles. The summed E-state index contributed by atoms with van der Waals surface area (Å²) in [5.74, 6) is -1.07. The number of hydrogen-bond donors (Lipinski definition) is 2. The molecular formula is C12H16N4S. The summed E-state index contributed by atoms with van der Waals surface area (Å²) >= 11 is 0.967. The summed E-state index contributed by atoms with van der Waals surface area (Å²) in [5, 5.41) is 34.3. The molecule has 5 heteroatoms. The quantitative estimate of drug-likeness (QED) is 0.803. The predicted octanol–water partition coefficient (Wildman–Crippen LogP) is 3.02. The Kier molecular flexibility index (Phi) is 4.72. The lowest BCUT2D eigenvalue weighted by atomic mass is 9.73. The van der Waals surface area contributed by atoms with E-state index >= 15 is 0 Å². The molecule has 17 heavy (non-hydrogen) atoms. The van der Waals surface area contributed by atoms with Crippen LogP contribution in [0.4, 0.5) is 0 Å². The molecular weight excluding hydrogens is 232 g/mol. The third kappa shape index (κ3) is 2.68. The molecule has 1 fully saturated rings. The zero-order valence-corrected chi connectivity index (χ0v) is 10.8. The van der Waals surface area contributed by atoms with Gasteiger partial charge in [0.05, 0.1) is 34.1 Å². The van der Waals surface area contributed by atoms with E-state index in [9.17, 15) is 0 Å². The first-order valence-corrected chi connectivity index (χ1v) is 6.52. The topological polar surface area (TPSA) is 95.3 Å². The van der Waals surface area contributed by atoms with Gasteiger partial charge >= 0.3 is 0 Å². The molecule has 1 rings (SSSR count). The lowest BCUT2D eigenvalue weighted by Crippen LogP contribution is -2.39. The maximum absolute atomic E-state index is 9.16. The van der Waals surface area contributed by atoms with Gasteiger partial charge in [0.1, 0.15) is 0 Å². The molecule has 3 unspecified atom stereocenters. The number of nitrogens with one attached hydrogen (secondary N) is 2. The number of thioether (sulfide) groups is 1. The van der Waals surface area contributed by atoms with Crippen molar-refractivity contribution in [2.45, 2.75) is 26.7 Å². The summed E-state index contributed by atoms with van der Waals surface area (Å²) < 4.78 is 0. The molecule has 0 radical (unpaired) electrons. The standard InChI is InChI=1S/C12H16N4S/c1-3-4-7(2)10-8(5-13)11(15)17-12(16)9(10)6-14/h7-10,15-16H,3-4H2,1-2H3. The van der Waals surface area contributed by atoms with Crippen molar-refractivity contribution >= 4 is 21.8 Å². The molecule has 2 N–H and O–H groups in total. The van der Waals surface area contributed by atoms with Crippen molar-refractivity contribution in [1.29, 1.82) is 21.3 Å². The van der Waals surface area contributed by atoms with E-state index in [1.54, 1.807) is 0 Å². The fourth-order valence-corrected chi connectivity index (χ4v) is 3.29. The Bertz CT molecular complexity index is 372. The molecule has 0 aromatic heterocycles. The summed E-state index contributed by atoms with van der Waals surface area (Å²) in [5.41, 5.74) is 0. The molecule has 3 atom stereocenters. The highest BCUT2D eigenvalue weighted by Crippen LogP contribution is 2.41. The first-order chi connectivity index (χ1) is 8.06. The Hall–Kier alpha value is -1.33. The van der Waals surface area contributed by atoms with Crippen LogP contribution in [0.3, 0.4) is 0 Å². The van der Waals surface area contributed by atoms with Crippen LogP contribution in [0, 0.1) is 57.2 Å². The second kappa shape index (κ2) is 5.84. The summed E-state index contributed by atoms with van der Waals surface area (Å²) in [7, 11) is 0. The number of nitriles is 2. The average Bonchev–Trinajstić information content (AvgIpc) is 2.28. The minimum Gasteiger partial charge on any atom is -0.297 e. The van der Waals surface area contributed by atoms with Gasteiger partial charge in [-0.05, 0) is 5.92 Å². The monoisotopic (exact) mass is 248 g/mol. The van der Waals surface area contributed by atoms with Crippen LogP contribution in [0.5, 0.6) is 0 Å². The maximum Gasteiger partial charge on any atom is 0.0989 e. The molecule has 0 saturated carbocycles. The van der Waals surface area contributed by atoms with E-state index in [2.05, 4.69) is 19.1 Å². The Morgan fingerprint density at radius 2 is 1.71 bits per heavy atom. The van der Waals surface area contributed by atoms with Crippen molar-refractivity contribution in [1.82, 2.24) is 0 Å². The van der Waals surface area contributed by atoms with Crippen molar-refractivity contribution in [3.8, 4) is 12.1 Å². The third-order valence-electron chi connectivity index (χ3n) is 3.23. The summed E-state index contributed by atoms with van der Waals surface area (Å²) in [6.45, 7) is 4.08. The minimum absolute atomic E-state index is 0.191. The van der Waals surface area contributed by atoms with Crippen molar-refractivity contribution in [3.63, 3.8) is 0 Å². The zero-order valence-electron chi connectivity index (χ0n) is 10.0. The number of hydrogen-bond acceptors (Lipinski definition) is 5. The van der Waals surface area contributed by atoms with Gasteiger partial charge in [0.2, 0.25) is 0 Å². The van der Waals surface area contributed by atoms with Crippen molar-refractivity contribution in [3.05, 3.63) is 0 Å². The Morgan fingerprint density at radius 3 is 2.06 bits per heavy atom. The second-order valence-corrected chi connectivity index (χ2v) is 5.47. The molecule has 0 amide bonds. The molecule has 4 nitrogen and oxygen atoms in total. The normalized spacial score (nSPS) is 30.5. The van der Waals surface area contributed by atoms with E-state index in [0.717, 1.165) is 24.6 Å². The number of rotatable bonds is 3. The SMILES string of the molecule is CCCC(C)C1C(C#N)C(=N)SC(=N)C1C#N. The van der Waals surface area contributed by atoms with Gasteiger partial charge in [-0.25, -0.2) is 0 Å². The highest BCUT2D eigenvalue weighted by Gasteiger charge is 2.43. The van der Waals surface area contributed by atoms with E-state index in [-0.39, 0.29) is 21.9 Å². The van der Waals surface area contributed by atoms with E-state index in [4.69, 9.17) is 21.3 Å². The van der Waals surface area contributed by atoms with E-state index in [0.29, 0.717) is 0 Å². The van der Waals surface area contributed by atoms with Crippen LogP contribution in [0.25, 0.3) is 0 Å². The van der Waals surface area contributed by atoms with Gasteiger partial charge in [-0.3, -0.25) is 10.8 Å². The van der Waals surface area contributed by atoms with Crippen LogP contribution >= 0.6 is 11.8 Å². The fourth-order valence-electron chi connectivity index (χ4n) is 2.38. The van der Waals surface area contributed by atoms with Crippen LogP contribution in [0.15, 0.2) is 0 Å². The van der Waals surface area contributed by atoms with Gasteiger partial charge in [0.25, 0.3) is 0 Å². The highest BCUT2D eigenvalue weighted by molar-refractivity contribution is 8.26. The van der Waals surface area contributed by atoms with Crippen LogP contribution in [-0.2, 0) is 0 Å². The van der Waals surface area contributed by atoms with Crippen LogP contribution < -0.4 is 0 Å². The predicted molar refractivity (Wildman–Crippen MR) is 68.8 cm³/mol. The van der Waals surface area contributed by atoms with Crippen molar-refractivity contribution in [2.75, 3.05) is 0 Å². The van der Waals surface area contributed by atoms with E-state index < -0.39 is 11.8 Å². The second-order valence-electron chi connectivity index (χ2n) is 4.39. The summed E-state index contributed by atoms with van der Waals surface area (Å²) in [6.07, 6.45) is 1.91. The lowest BCUT2D eigenvalue weighted by molar-refractivity contribution is 0.283. The van der Waals surface area contributed by atoms with Crippen LogP contribution in [0.1, 0.15) is 26.7 Å². The Morgan fingerprint density at radius 1 is 1.24 bits per heavy atom. The Balaban J connectivity index is 3.06. The Labute approximate surface area is 106 Å². The van der Waals surface area contributed by atoms with Gasteiger partial charge in [-0.15, -0.1) is 0 Å². The molecule has 0 aromatic carbocycles. The molecule has 0 aliphatic carbocycles. The first-order valence-electron chi connectivity index (χ1n) is 5.70. The van der Waals surface area contributed by atoms with Crippen LogP contribution in [-0.4, -0.2) is 10.1 Å². The van der Waals surface area contributed by atoms with Crippen molar-refractivity contribution in [2.24, 2.45) is 23.7 Å². The first kappa shape index (κ1) is 13.7. The third-order valence-corrected chi connectivity index (χ3v) is 4.18. The molecule has 0 aromatic rings. The smallest absolute Gasteiger partial charge is 0.0989 e. The lowest BCUT2D eigenvalue weighted by Gasteiger charge is -2.35. The number of nitrogens with zero attached hydrogens (tertiary/aromatic N) is 2. The molecule has 1 aliphatic heterocycles. The average molecular weight is 248 g/mol. The summed E-state index contributed by atoms with van der Waals surface area (Å²) in [4.78, 5) is 0. The molecule has 90 valence electrons. The summed E-state index contributed by atoms with van der Waals surface area (Å²) in [6, 6.07) is 4.27. The van der Waals surface area contributed by atoms with Gasteiger partial charge in [0, 0.05) is 5.92 Å². The van der Waals surface area contributed by atoms with Gasteiger partial charge < -0.3 is 0 Å². The zero-order chi connectivity index (χ0) is 13.0. The highest BCUT2D eigenvalue weighted by atomic mass is 32.2. The molecule has 1 aliphatic rings. The van der Waals surface area contributed by atoms with E-state index in [1.807, 2.05) is 6.92 Å². The minimum atomic E-state index is -0.528. The van der Waals surface area contributed by atoms with Crippen molar-refractivity contribution < 1.29 is 0 Å². The maximum atomic E-state index is 9.16. The largest absolute Gasteiger partial charge is 0.297 e. The van der Waals surface area contributed by atoms with Gasteiger partial charge in [-0.2, -0.15) is 10.5 Å². The van der Waals surface area contributed by atoms with Gasteiger partial charge in [-0.1, -0.05) is 38.5 Å².